The third-order valence-electron chi connectivity index (χ3n) is 4.45. The number of halogens is 5. The van der Waals surface area contributed by atoms with E-state index in [0.29, 0.717) is 22.5 Å². The van der Waals surface area contributed by atoms with E-state index in [9.17, 15) is 26.4 Å². The van der Waals surface area contributed by atoms with Crippen molar-refractivity contribution in [3.8, 4) is 5.75 Å². The SMILES string of the molecule is C[C@H](Oc1ccc(Cl)cc1)C(=O)Nc1ccc(S(=O)(=O)Nc2ccc(Cl)c(C(F)(F)F)c2)cc1. The van der Waals surface area contributed by atoms with Crippen molar-refractivity contribution in [3.63, 3.8) is 0 Å². The first-order valence-electron chi connectivity index (χ1n) is 9.58. The Hall–Kier alpha value is -2.95. The lowest BCUT2D eigenvalue weighted by molar-refractivity contribution is -0.137. The fourth-order valence-electron chi connectivity index (χ4n) is 2.75. The highest BCUT2D eigenvalue weighted by molar-refractivity contribution is 7.92. The molecule has 6 nitrogen and oxygen atoms in total. The van der Waals surface area contributed by atoms with Gasteiger partial charge in [0.15, 0.2) is 6.10 Å². The average Bonchev–Trinajstić information content (AvgIpc) is 2.76. The minimum absolute atomic E-state index is 0.223. The van der Waals surface area contributed by atoms with Crippen LogP contribution >= 0.6 is 23.2 Å². The van der Waals surface area contributed by atoms with E-state index in [0.717, 1.165) is 12.1 Å². The summed E-state index contributed by atoms with van der Waals surface area (Å²) in [6.45, 7) is 1.54. The third-order valence-corrected chi connectivity index (χ3v) is 6.43. The number of rotatable bonds is 7. The van der Waals surface area contributed by atoms with Crippen LogP contribution in [0.2, 0.25) is 10.0 Å². The summed E-state index contributed by atoms with van der Waals surface area (Å²) in [6.07, 6.45) is -5.61. The summed E-state index contributed by atoms with van der Waals surface area (Å²) in [4.78, 5) is 12.1. The van der Waals surface area contributed by atoms with Gasteiger partial charge in [-0.1, -0.05) is 23.2 Å². The monoisotopic (exact) mass is 532 g/mol. The normalized spacial score (nSPS) is 12.6. The molecule has 0 radical (unpaired) electrons. The predicted molar refractivity (Wildman–Crippen MR) is 124 cm³/mol. The predicted octanol–water partition coefficient (Wildman–Crippen LogP) is 6.22. The number of carbonyl (C=O) groups is 1. The zero-order valence-electron chi connectivity index (χ0n) is 17.4. The van der Waals surface area contributed by atoms with Crippen LogP contribution in [0, 0.1) is 0 Å². The van der Waals surface area contributed by atoms with E-state index in [-0.39, 0.29) is 10.6 Å². The van der Waals surface area contributed by atoms with E-state index in [1.807, 2.05) is 0 Å². The van der Waals surface area contributed by atoms with Gasteiger partial charge in [0, 0.05) is 16.4 Å². The average molecular weight is 533 g/mol. The third kappa shape index (κ3) is 6.55. The highest BCUT2D eigenvalue weighted by Crippen LogP contribution is 2.36. The van der Waals surface area contributed by atoms with Crippen molar-refractivity contribution in [2.24, 2.45) is 0 Å². The molecule has 0 spiro atoms. The quantitative estimate of drug-likeness (QED) is 0.378. The van der Waals surface area contributed by atoms with Gasteiger partial charge >= 0.3 is 6.18 Å². The Bertz CT molecular complexity index is 1280. The Kier molecular flexibility index (Phi) is 7.64. The van der Waals surface area contributed by atoms with Gasteiger partial charge in [0.2, 0.25) is 0 Å². The summed E-state index contributed by atoms with van der Waals surface area (Å²) >= 11 is 11.4. The Labute approximate surface area is 203 Å². The van der Waals surface area contributed by atoms with E-state index >= 15 is 0 Å². The van der Waals surface area contributed by atoms with Crippen molar-refractivity contribution in [1.29, 1.82) is 0 Å². The van der Waals surface area contributed by atoms with Crippen LogP contribution in [0.15, 0.2) is 71.6 Å². The van der Waals surface area contributed by atoms with E-state index in [1.54, 1.807) is 24.3 Å². The molecule has 1 amide bonds. The molecule has 0 unspecified atom stereocenters. The second kappa shape index (κ2) is 10.1. The highest BCUT2D eigenvalue weighted by Gasteiger charge is 2.33. The molecule has 0 fully saturated rings. The van der Waals surface area contributed by atoms with Gasteiger partial charge in [0.1, 0.15) is 5.75 Å². The van der Waals surface area contributed by atoms with Crippen LogP contribution < -0.4 is 14.8 Å². The molecule has 3 aromatic rings. The van der Waals surface area contributed by atoms with Gasteiger partial charge in [-0.2, -0.15) is 13.2 Å². The van der Waals surface area contributed by atoms with Crippen molar-refractivity contribution >= 4 is 50.5 Å². The van der Waals surface area contributed by atoms with E-state index in [1.165, 1.54) is 31.2 Å². The van der Waals surface area contributed by atoms with Crippen LogP contribution in [0.1, 0.15) is 12.5 Å². The van der Waals surface area contributed by atoms with Gasteiger partial charge in [0.05, 0.1) is 15.5 Å². The molecule has 3 rings (SSSR count). The molecular weight excluding hydrogens is 516 g/mol. The Balaban J connectivity index is 1.67. The number of hydrogen-bond acceptors (Lipinski definition) is 4. The largest absolute Gasteiger partial charge is 0.481 e. The van der Waals surface area contributed by atoms with Crippen molar-refractivity contribution in [1.82, 2.24) is 0 Å². The summed E-state index contributed by atoms with van der Waals surface area (Å²) in [5.41, 5.74) is -1.17. The van der Waals surface area contributed by atoms with Crippen molar-refractivity contribution in [2.45, 2.75) is 24.1 Å². The Morgan fingerprint density at radius 2 is 1.53 bits per heavy atom. The second-order valence-electron chi connectivity index (χ2n) is 7.03. The van der Waals surface area contributed by atoms with Crippen LogP contribution in [0.3, 0.4) is 0 Å². The van der Waals surface area contributed by atoms with Gasteiger partial charge < -0.3 is 10.1 Å². The number of hydrogen-bond donors (Lipinski definition) is 2. The van der Waals surface area contributed by atoms with Gasteiger partial charge in [0.25, 0.3) is 15.9 Å². The number of anilines is 2. The number of benzene rings is 3. The second-order valence-corrected chi connectivity index (χ2v) is 9.55. The molecule has 2 N–H and O–H groups in total. The molecule has 0 saturated heterocycles. The smallest absolute Gasteiger partial charge is 0.417 e. The van der Waals surface area contributed by atoms with E-state index in [2.05, 4.69) is 10.0 Å². The first kappa shape index (κ1) is 25.7. The fraction of sp³-hybridized carbons (Fsp3) is 0.136. The lowest BCUT2D eigenvalue weighted by Gasteiger charge is -2.15. The number of ether oxygens (including phenoxy) is 1. The Morgan fingerprint density at radius 1 is 0.941 bits per heavy atom. The first-order valence-corrected chi connectivity index (χ1v) is 11.8. The summed E-state index contributed by atoms with van der Waals surface area (Å²) < 4.78 is 71.8. The summed E-state index contributed by atoms with van der Waals surface area (Å²) in [5, 5.41) is 2.56. The van der Waals surface area contributed by atoms with Crippen LogP contribution in [0.4, 0.5) is 24.5 Å². The topological polar surface area (TPSA) is 84.5 Å². The number of carbonyl (C=O) groups excluding carboxylic acids is 1. The maximum atomic E-state index is 13.0. The molecule has 0 aliphatic heterocycles. The molecule has 12 heteroatoms. The minimum atomic E-state index is -4.74. The molecule has 0 heterocycles. The number of amides is 1. The van der Waals surface area contributed by atoms with E-state index < -0.39 is 38.8 Å². The number of sulfonamides is 1. The van der Waals surface area contributed by atoms with Crippen LogP contribution in [-0.2, 0) is 21.0 Å². The highest BCUT2D eigenvalue weighted by atomic mass is 35.5. The molecule has 0 aliphatic carbocycles. The van der Waals surface area contributed by atoms with Gasteiger partial charge in [-0.3, -0.25) is 9.52 Å². The maximum absolute atomic E-state index is 13.0. The maximum Gasteiger partial charge on any atom is 0.417 e. The lowest BCUT2D eigenvalue weighted by atomic mass is 10.2. The fourth-order valence-corrected chi connectivity index (χ4v) is 4.15. The van der Waals surface area contributed by atoms with Crippen molar-refractivity contribution in [2.75, 3.05) is 10.0 Å². The molecule has 34 heavy (non-hydrogen) atoms. The molecule has 180 valence electrons. The molecule has 1 atom stereocenters. The van der Waals surface area contributed by atoms with Gasteiger partial charge in [-0.25, -0.2) is 8.42 Å². The van der Waals surface area contributed by atoms with Crippen LogP contribution in [0.25, 0.3) is 0 Å². The van der Waals surface area contributed by atoms with Gasteiger partial charge in [-0.05, 0) is 73.7 Å². The first-order chi connectivity index (χ1) is 15.8. The summed E-state index contributed by atoms with van der Waals surface area (Å²) in [5.74, 6) is -0.0417. The molecule has 0 aromatic heterocycles. The molecular formula is C22H17Cl2F3N2O4S. The number of alkyl halides is 3. The zero-order chi connectivity index (χ0) is 25.1. The molecule has 3 aromatic carbocycles. The summed E-state index contributed by atoms with van der Waals surface area (Å²) in [6, 6.07) is 14.2. The standard InChI is InChI=1S/C22H17Cl2F3N2O4S/c1-13(33-17-7-2-14(23)3-8-17)21(30)28-15-4-9-18(10-5-15)34(31,32)29-16-6-11-20(24)19(12-16)22(25,26)27/h2-13,29H,1H3,(H,28,30)/t13-/m0/s1. The molecule has 0 aliphatic rings. The van der Waals surface area contributed by atoms with Crippen molar-refractivity contribution in [3.05, 3.63) is 82.3 Å². The molecule has 0 saturated carbocycles. The zero-order valence-corrected chi connectivity index (χ0v) is 19.7. The van der Waals surface area contributed by atoms with Crippen LogP contribution in [-0.4, -0.2) is 20.4 Å². The van der Waals surface area contributed by atoms with Crippen LogP contribution in [0.5, 0.6) is 5.75 Å². The lowest BCUT2D eigenvalue weighted by Crippen LogP contribution is -2.30. The molecule has 0 bridgehead atoms. The van der Waals surface area contributed by atoms with E-state index in [4.69, 9.17) is 27.9 Å². The van der Waals surface area contributed by atoms with Crippen molar-refractivity contribution < 1.29 is 31.1 Å². The van der Waals surface area contributed by atoms with Gasteiger partial charge in [-0.15, -0.1) is 0 Å². The number of nitrogens with one attached hydrogen (secondary N) is 2. The Morgan fingerprint density at radius 3 is 2.12 bits per heavy atom. The summed E-state index contributed by atoms with van der Waals surface area (Å²) in [7, 11) is -4.20. The minimum Gasteiger partial charge on any atom is -0.481 e.